The molecule has 0 heterocycles. The molecule has 0 aliphatic heterocycles. The van der Waals surface area contributed by atoms with Crippen LogP contribution >= 0.6 is 0 Å². The molecule has 0 aromatic carbocycles. The first-order valence-electron chi connectivity index (χ1n) is 7.01. The van der Waals surface area contributed by atoms with Crippen LogP contribution in [0.2, 0.25) is 0 Å². The Labute approximate surface area is 504 Å². The summed E-state index contributed by atoms with van der Waals surface area (Å²) >= 11 is 0. The van der Waals surface area contributed by atoms with Crippen molar-refractivity contribution < 1.29 is 432 Å². The van der Waals surface area contributed by atoms with Crippen molar-refractivity contribution in [2.75, 3.05) is 0 Å². The van der Waals surface area contributed by atoms with Crippen LogP contribution in [0, 0.1) is 23.7 Å². The molecular weight excluding hydrogens is 1360 g/mol. The maximum atomic E-state index is 11.2. The molecule has 4 atom stereocenters. The van der Waals surface area contributed by atoms with Crippen LogP contribution in [0.15, 0.2) is 0 Å². The third-order valence-electron chi connectivity index (χ3n) is 3.74. The van der Waals surface area contributed by atoms with Gasteiger partial charge in [-0.05, 0) is 25.7 Å². The number of rotatable bonds is 11. The Morgan fingerprint density at radius 2 is 0.706 bits per heavy atom. The molecule has 0 rings (SSSR count). The monoisotopic (exact) mass is 1390 g/mol. The van der Waals surface area contributed by atoms with E-state index in [4.69, 9.17) is 15.3 Å². The summed E-state index contributed by atoms with van der Waals surface area (Å²) in [6.07, 6.45) is -0.418. The molecule has 20 heteroatoms. The van der Waals surface area contributed by atoms with Gasteiger partial charge in [-0.1, -0.05) is 13.8 Å². The maximum absolute atomic E-state index is 11.2. The Balaban J connectivity index is -0.0000000334. The van der Waals surface area contributed by atoms with Gasteiger partial charge < -0.3 is 20.4 Å². The quantitative estimate of drug-likeness (QED) is 0.243. The first kappa shape index (κ1) is 85.1. The molecule has 12 radical (unpaired) electrons. The van der Waals surface area contributed by atoms with E-state index in [9.17, 15) is 24.3 Å². The van der Waals surface area contributed by atoms with Crippen molar-refractivity contribution in [3.63, 3.8) is 0 Å². The molecule has 4 unspecified atom stereocenters. The van der Waals surface area contributed by atoms with Crippen molar-refractivity contribution in [2.24, 2.45) is 23.7 Å². The Morgan fingerprint density at radius 1 is 0.471 bits per heavy atom. The molecule has 0 saturated heterocycles. The van der Waals surface area contributed by atoms with Crippen LogP contribution in [0.25, 0.3) is 0 Å². The minimum absolute atomic E-state index is 0. The van der Waals surface area contributed by atoms with Crippen LogP contribution in [-0.4, -0.2) is 44.3 Å². The molecule has 0 saturated carbocycles. The second-order valence-corrected chi connectivity index (χ2v) is 5.46. The Kier molecular flexibility index (Phi) is 134. The second kappa shape index (κ2) is 53.6. The van der Waals surface area contributed by atoms with Crippen LogP contribution in [0.5, 0.6) is 0 Å². The summed E-state index contributed by atoms with van der Waals surface area (Å²) in [6, 6.07) is 0. The first-order chi connectivity index (χ1) is 10.1. The first-order valence-corrected chi connectivity index (χ1v) is 7.01. The van der Waals surface area contributed by atoms with Gasteiger partial charge in [0.15, 0.2) is 0 Å². The summed E-state index contributed by atoms with van der Waals surface area (Å²) in [4.78, 5) is 44.2. The van der Waals surface area contributed by atoms with Crippen LogP contribution in [0.3, 0.4) is 0 Å². The molecular formula is C14H22O8Y12. The molecule has 0 fully saturated rings. The van der Waals surface area contributed by atoms with E-state index in [0.717, 1.165) is 0 Å². The van der Waals surface area contributed by atoms with Crippen molar-refractivity contribution in [3.05, 3.63) is 0 Å². The van der Waals surface area contributed by atoms with Gasteiger partial charge in [-0.2, -0.15) is 0 Å². The average Bonchev–Trinajstić information content (AvgIpc) is 2.40. The number of hydrogen-bond donors (Lipinski definition) is 4. The minimum Gasteiger partial charge on any atom is -0.481 e. The Hall–Kier alpha value is 11.1. The van der Waals surface area contributed by atoms with Gasteiger partial charge in [0, 0.05) is 393 Å². The second-order valence-electron chi connectivity index (χ2n) is 5.46. The van der Waals surface area contributed by atoms with E-state index in [2.05, 4.69) is 0 Å². The molecule has 8 nitrogen and oxygen atoms in total. The van der Waals surface area contributed by atoms with Crippen molar-refractivity contribution in [3.8, 4) is 0 Å². The van der Waals surface area contributed by atoms with Gasteiger partial charge >= 0.3 is 23.9 Å². The average molecular weight is 1390 g/mol. The molecule has 0 amide bonds. The summed E-state index contributed by atoms with van der Waals surface area (Å²) in [5, 5.41) is 36.1. The number of carbonyl (C=O) groups is 4. The van der Waals surface area contributed by atoms with Gasteiger partial charge in [0.25, 0.3) is 0 Å². The van der Waals surface area contributed by atoms with Gasteiger partial charge in [0.2, 0.25) is 0 Å². The van der Waals surface area contributed by atoms with Gasteiger partial charge in [0.05, 0.1) is 23.7 Å². The van der Waals surface area contributed by atoms with E-state index < -0.39 is 47.5 Å². The zero-order chi connectivity index (χ0) is 17.4. The van der Waals surface area contributed by atoms with Crippen molar-refractivity contribution in [2.45, 2.75) is 39.5 Å². The zero-order valence-corrected chi connectivity index (χ0v) is 53.5. The molecule has 0 aliphatic rings. The van der Waals surface area contributed by atoms with Crippen LogP contribution < -0.4 is 0 Å². The molecule has 34 heavy (non-hydrogen) atoms. The molecule has 162 valence electrons. The number of carboxylic acid groups (broad SMARTS) is 4. The molecule has 4 N–H and O–H groups in total. The predicted molar refractivity (Wildman–Crippen MR) is 74.3 cm³/mol. The summed E-state index contributed by atoms with van der Waals surface area (Å²) in [5.41, 5.74) is 0. The van der Waals surface area contributed by atoms with Gasteiger partial charge in [0.1, 0.15) is 0 Å². The summed E-state index contributed by atoms with van der Waals surface area (Å²) in [5.74, 6) is -8.89. The largest absolute Gasteiger partial charge is 0.481 e. The van der Waals surface area contributed by atoms with Gasteiger partial charge in [-0.3, -0.25) is 19.2 Å². The molecule has 0 bridgehead atoms. The molecule has 0 aromatic rings. The Morgan fingerprint density at radius 3 is 0.912 bits per heavy atom. The summed E-state index contributed by atoms with van der Waals surface area (Å²) < 4.78 is 0. The van der Waals surface area contributed by atoms with E-state index in [-0.39, 0.29) is 418 Å². The Bertz CT molecular complexity index is 462. The van der Waals surface area contributed by atoms with Crippen LogP contribution in [0.1, 0.15) is 39.5 Å². The smallest absolute Gasteiger partial charge is 0.306 e. The third kappa shape index (κ3) is 45.2. The topological polar surface area (TPSA) is 149 Å². The molecule has 0 aliphatic carbocycles. The summed E-state index contributed by atoms with van der Waals surface area (Å²) in [7, 11) is 0. The zero-order valence-electron chi connectivity index (χ0n) is 19.5. The SMILES string of the molecule is CCC(CC(CC(CC(C)C(=O)O)C(=O)O)C(=O)O)C(=O)O.[Y].[Y].[Y].[Y].[Y].[Y].[Y].[Y].[Y].[Y].[Y].[Y]. The molecule has 0 aromatic heterocycles. The van der Waals surface area contributed by atoms with Crippen molar-refractivity contribution in [1.29, 1.82) is 0 Å². The van der Waals surface area contributed by atoms with Gasteiger partial charge in [-0.25, -0.2) is 0 Å². The van der Waals surface area contributed by atoms with E-state index in [0.29, 0.717) is 0 Å². The fourth-order valence-electron chi connectivity index (χ4n) is 2.25. The fraction of sp³-hybridized carbons (Fsp3) is 0.714. The van der Waals surface area contributed by atoms with Crippen LogP contribution in [-0.2, 0) is 412 Å². The maximum Gasteiger partial charge on any atom is 0.306 e. The number of aliphatic carboxylic acids is 4. The fourth-order valence-corrected chi connectivity index (χ4v) is 2.25. The van der Waals surface area contributed by atoms with E-state index >= 15 is 0 Å². The number of carboxylic acids is 4. The van der Waals surface area contributed by atoms with Gasteiger partial charge in [-0.15, -0.1) is 0 Å². The normalized spacial score (nSPS) is 10.5. The van der Waals surface area contributed by atoms with Crippen molar-refractivity contribution in [1.82, 2.24) is 0 Å². The van der Waals surface area contributed by atoms with Crippen molar-refractivity contribution >= 4 is 23.9 Å². The van der Waals surface area contributed by atoms with E-state index in [1.807, 2.05) is 0 Å². The standard InChI is InChI=1S/C14H22O8.12Y/c1-3-8(12(17)18)5-10(14(21)22)6-9(13(19)20)4-7(2)11(15)16;;;;;;;;;;;;/h7-10H,3-6H2,1-2H3,(H,15,16)(H,17,18)(H,19,20)(H,21,22);;;;;;;;;;;;. The predicted octanol–water partition coefficient (Wildman–Crippen LogP) is 1.36. The van der Waals surface area contributed by atoms with Crippen LogP contribution in [0.4, 0.5) is 0 Å². The summed E-state index contributed by atoms with van der Waals surface area (Å²) in [6.45, 7) is 2.96. The number of hydrogen-bond acceptors (Lipinski definition) is 4. The third-order valence-corrected chi connectivity index (χ3v) is 3.74. The minimum atomic E-state index is -1.28. The van der Waals surface area contributed by atoms with E-state index in [1.165, 1.54) is 6.92 Å². The van der Waals surface area contributed by atoms with E-state index in [1.54, 1.807) is 6.92 Å². The molecule has 0 spiro atoms.